The number of amides is 1. The molecule has 0 radical (unpaired) electrons. The maximum absolute atomic E-state index is 11.7. The predicted molar refractivity (Wildman–Crippen MR) is 58.0 cm³/mol. The Kier molecular flexibility index (Phi) is 5.36. The third-order valence-electron chi connectivity index (χ3n) is 2.41. The first kappa shape index (κ1) is 12.7. The van der Waals surface area contributed by atoms with Gasteiger partial charge in [-0.15, -0.1) is 11.6 Å². The number of alkyl halides is 1. The molecule has 0 spiro atoms. The Morgan fingerprint density at radius 2 is 2.33 bits per heavy atom. The summed E-state index contributed by atoms with van der Waals surface area (Å²) >= 11 is 5.53. The number of hydrogen-bond acceptors (Lipinski definition) is 3. The van der Waals surface area contributed by atoms with E-state index >= 15 is 0 Å². The molecule has 1 rings (SSSR count). The van der Waals surface area contributed by atoms with Crippen LogP contribution in [0.5, 0.6) is 0 Å². The Hall–Kier alpha value is -0.320. The van der Waals surface area contributed by atoms with Crippen molar-refractivity contribution in [3.63, 3.8) is 0 Å². The topological polar surface area (TPSA) is 49.8 Å². The Morgan fingerprint density at radius 1 is 1.60 bits per heavy atom. The highest BCUT2D eigenvalue weighted by molar-refractivity contribution is 6.17. The molecule has 0 aliphatic carbocycles. The summed E-state index contributed by atoms with van der Waals surface area (Å²) in [4.78, 5) is 13.4. The number of rotatable bonds is 4. The highest BCUT2D eigenvalue weighted by atomic mass is 35.5. The summed E-state index contributed by atoms with van der Waals surface area (Å²) in [5.74, 6) is 0.610. The van der Waals surface area contributed by atoms with Crippen molar-refractivity contribution in [2.75, 3.05) is 25.6 Å². The molecule has 0 aromatic heterocycles. The first-order valence-corrected chi connectivity index (χ1v) is 5.81. The number of hydrogen-bond donors (Lipinski definition) is 1. The van der Waals surface area contributed by atoms with E-state index in [1.807, 2.05) is 6.92 Å². The number of nitrogens with zero attached hydrogens (tertiary/aromatic N) is 1. The molecule has 88 valence electrons. The van der Waals surface area contributed by atoms with E-state index < -0.39 is 0 Å². The molecule has 1 amide bonds. The van der Waals surface area contributed by atoms with Crippen LogP contribution in [0.15, 0.2) is 0 Å². The molecule has 5 heteroatoms. The van der Waals surface area contributed by atoms with Crippen molar-refractivity contribution in [1.29, 1.82) is 0 Å². The summed E-state index contributed by atoms with van der Waals surface area (Å²) in [5, 5.41) is 9.00. The Morgan fingerprint density at radius 3 is 2.93 bits per heavy atom. The van der Waals surface area contributed by atoms with Crippen LogP contribution in [0.25, 0.3) is 0 Å². The Bertz CT molecular complexity index is 213. The number of aliphatic hydroxyl groups is 1. The van der Waals surface area contributed by atoms with Crippen LogP contribution in [0.4, 0.5) is 0 Å². The van der Waals surface area contributed by atoms with Gasteiger partial charge in [0.2, 0.25) is 5.91 Å². The molecule has 0 aromatic carbocycles. The first-order chi connectivity index (χ1) is 7.17. The van der Waals surface area contributed by atoms with E-state index in [1.54, 1.807) is 4.90 Å². The van der Waals surface area contributed by atoms with Gasteiger partial charge >= 0.3 is 0 Å². The second-order valence-corrected chi connectivity index (χ2v) is 4.22. The summed E-state index contributed by atoms with van der Waals surface area (Å²) in [6, 6.07) is 0. The average molecular weight is 236 g/mol. The summed E-state index contributed by atoms with van der Waals surface area (Å²) < 4.78 is 5.45. The molecule has 2 atom stereocenters. The van der Waals surface area contributed by atoms with Crippen LogP contribution < -0.4 is 0 Å². The molecule has 0 bridgehead atoms. The van der Waals surface area contributed by atoms with Crippen molar-refractivity contribution < 1.29 is 14.6 Å². The smallest absolute Gasteiger partial charge is 0.222 e. The number of aliphatic hydroxyl groups excluding tert-OH is 1. The van der Waals surface area contributed by atoms with Gasteiger partial charge in [-0.25, -0.2) is 0 Å². The van der Waals surface area contributed by atoms with E-state index in [4.69, 9.17) is 21.4 Å². The minimum absolute atomic E-state index is 0.00384. The van der Waals surface area contributed by atoms with Crippen LogP contribution in [0.3, 0.4) is 0 Å². The molecule has 1 heterocycles. The fraction of sp³-hybridized carbons (Fsp3) is 0.900. The number of halogens is 1. The van der Waals surface area contributed by atoms with Gasteiger partial charge in [0, 0.05) is 25.4 Å². The molecule has 0 aromatic rings. The lowest BCUT2D eigenvalue weighted by atomic mass is 10.2. The quantitative estimate of drug-likeness (QED) is 0.727. The second kappa shape index (κ2) is 6.30. The average Bonchev–Trinajstić information content (AvgIpc) is 2.24. The van der Waals surface area contributed by atoms with E-state index in [2.05, 4.69) is 0 Å². The highest BCUT2D eigenvalue weighted by Crippen LogP contribution is 2.12. The fourth-order valence-corrected chi connectivity index (χ4v) is 1.86. The first-order valence-electron chi connectivity index (χ1n) is 5.27. The molecular formula is C10H18ClNO3. The highest BCUT2D eigenvalue weighted by Gasteiger charge is 2.27. The monoisotopic (exact) mass is 235 g/mol. The van der Waals surface area contributed by atoms with Crippen molar-refractivity contribution in [3.05, 3.63) is 0 Å². The molecule has 1 N–H and O–H groups in total. The van der Waals surface area contributed by atoms with E-state index in [0.29, 0.717) is 31.8 Å². The van der Waals surface area contributed by atoms with Crippen molar-refractivity contribution in [3.8, 4) is 0 Å². The number of carbonyl (C=O) groups excluding carboxylic acids is 1. The maximum atomic E-state index is 11.7. The SMILES string of the molecule is CC1CN(C(=O)CCCCl)CC(CO)O1. The zero-order chi connectivity index (χ0) is 11.3. The standard InChI is InChI=1S/C10H18ClNO3/c1-8-5-12(6-9(7-13)15-8)10(14)3-2-4-11/h8-9,13H,2-7H2,1H3. The summed E-state index contributed by atoms with van der Waals surface area (Å²) in [7, 11) is 0. The van der Waals surface area contributed by atoms with Gasteiger partial charge in [-0.2, -0.15) is 0 Å². The minimum atomic E-state index is -0.242. The lowest BCUT2D eigenvalue weighted by Gasteiger charge is -2.36. The summed E-state index contributed by atoms with van der Waals surface area (Å²) in [6.45, 7) is 2.97. The van der Waals surface area contributed by atoms with E-state index in [0.717, 1.165) is 0 Å². The number of carbonyl (C=O) groups is 1. The van der Waals surface area contributed by atoms with Gasteiger partial charge in [0.1, 0.15) is 0 Å². The van der Waals surface area contributed by atoms with Crippen molar-refractivity contribution >= 4 is 17.5 Å². The third-order valence-corrected chi connectivity index (χ3v) is 2.67. The number of ether oxygens (including phenoxy) is 1. The predicted octanol–water partition coefficient (Wildman–Crippen LogP) is 0.614. The summed E-state index contributed by atoms with van der Waals surface area (Å²) in [5.41, 5.74) is 0. The largest absolute Gasteiger partial charge is 0.394 e. The maximum Gasteiger partial charge on any atom is 0.222 e. The van der Waals surface area contributed by atoms with Crippen molar-refractivity contribution in [2.45, 2.75) is 32.0 Å². The Labute approximate surface area is 95.2 Å². The van der Waals surface area contributed by atoms with E-state index in [-0.39, 0.29) is 24.7 Å². The van der Waals surface area contributed by atoms with Gasteiger partial charge in [-0.05, 0) is 13.3 Å². The van der Waals surface area contributed by atoms with Crippen molar-refractivity contribution in [2.24, 2.45) is 0 Å². The lowest BCUT2D eigenvalue weighted by Crippen LogP contribution is -2.50. The molecule has 2 unspecified atom stereocenters. The van der Waals surface area contributed by atoms with E-state index in [9.17, 15) is 4.79 Å². The molecule has 1 aliphatic rings. The van der Waals surface area contributed by atoms with Gasteiger partial charge in [0.15, 0.2) is 0 Å². The van der Waals surface area contributed by atoms with E-state index in [1.165, 1.54) is 0 Å². The molecular weight excluding hydrogens is 218 g/mol. The van der Waals surface area contributed by atoms with Crippen LogP contribution in [0.2, 0.25) is 0 Å². The van der Waals surface area contributed by atoms with Gasteiger partial charge in [0.05, 0.1) is 18.8 Å². The van der Waals surface area contributed by atoms with Crippen LogP contribution in [0, 0.1) is 0 Å². The number of morpholine rings is 1. The van der Waals surface area contributed by atoms with Gasteiger partial charge in [-0.1, -0.05) is 0 Å². The Balaban J connectivity index is 2.42. The molecule has 15 heavy (non-hydrogen) atoms. The zero-order valence-corrected chi connectivity index (χ0v) is 9.74. The zero-order valence-electron chi connectivity index (χ0n) is 8.99. The molecule has 1 fully saturated rings. The third kappa shape index (κ3) is 3.97. The van der Waals surface area contributed by atoms with Crippen LogP contribution in [-0.2, 0) is 9.53 Å². The van der Waals surface area contributed by atoms with Crippen LogP contribution in [0.1, 0.15) is 19.8 Å². The van der Waals surface area contributed by atoms with Gasteiger partial charge < -0.3 is 14.7 Å². The molecule has 1 saturated heterocycles. The van der Waals surface area contributed by atoms with Gasteiger partial charge in [-0.3, -0.25) is 4.79 Å². The van der Waals surface area contributed by atoms with Crippen molar-refractivity contribution in [1.82, 2.24) is 4.90 Å². The van der Waals surface area contributed by atoms with Gasteiger partial charge in [0.25, 0.3) is 0 Å². The van der Waals surface area contributed by atoms with Crippen LogP contribution >= 0.6 is 11.6 Å². The summed E-state index contributed by atoms with van der Waals surface area (Å²) in [6.07, 6.45) is 0.939. The lowest BCUT2D eigenvalue weighted by molar-refractivity contribution is -0.147. The minimum Gasteiger partial charge on any atom is -0.394 e. The fourth-order valence-electron chi connectivity index (χ4n) is 1.73. The molecule has 0 saturated carbocycles. The normalized spacial score (nSPS) is 26.7. The van der Waals surface area contributed by atoms with Crippen LogP contribution in [-0.4, -0.2) is 53.7 Å². The second-order valence-electron chi connectivity index (χ2n) is 3.84. The molecule has 4 nitrogen and oxygen atoms in total. The molecule has 1 aliphatic heterocycles.